The number of hydrogen-bond acceptors (Lipinski definition) is 3. The minimum atomic E-state index is -0.310. The highest BCUT2D eigenvalue weighted by molar-refractivity contribution is 5.95. The summed E-state index contributed by atoms with van der Waals surface area (Å²) in [5.41, 5.74) is 1.34. The zero-order chi connectivity index (χ0) is 19.2. The summed E-state index contributed by atoms with van der Waals surface area (Å²) in [5, 5.41) is 0. The van der Waals surface area contributed by atoms with Crippen molar-refractivity contribution in [3.05, 3.63) is 71.6 Å². The standard InChI is InChI=1S/C21H21FN2O3/c1-27-19-4-2-3-17(15-19)21(26)24-13-11-23(12-14-24)20(25)10-7-16-5-8-18(22)9-6-16/h2-10,15H,11-14H2,1H3/b10-7+. The topological polar surface area (TPSA) is 49.9 Å². The summed E-state index contributed by atoms with van der Waals surface area (Å²) in [4.78, 5) is 28.4. The van der Waals surface area contributed by atoms with Crippen LogP contribution in [0.2, 0.25) is 0 Å². The molecule has 2 aromatic rings. The van der Waals surface area contributed by atoms with E-state index < -0.39 is 0 Å². The fourth-order valence-electron chi connectivity index (χ4n) is 2.92. The van der Waals surface area contributed by atoms with Crippen molar-refractivity contribution in [2.24, 2.45) is 0 Å². The van der Waals surface area contributed by atoms with Crippen LogP contribution in [-0.4, -0.2) is 54.9 Å². The second-order valence-electron chi connectivity index (χ2n) is 6.23. The van der Waals surface area contributed by atoms with Crippen LogP contribution in [0.15, 0.2) is 54.6 Å². The number of benzene rings is 2. The van der Waals surface area contributed by atoms with Crippen molar-refractivity contribution in [3.63, 3.8) is 0 Å². The van der Waals surface area contributed by atoms with E-state index in [2.05, 4.69) is 0 Å². The van der Waals surface area contributed by atoms with Crippen LogP contribution in [0.4, 0.5) is 4.39 Å². The molecule has 0 aliphatic carbocycles. The van der Waals surface area contributed by atoms with Gasteiger partial charge < -0.3 is 14.5 Å². The first-order valence-corrected chi connectivity index (χ1v) is 8.73. The summed E-state index contributed by atoms with van der Waals surface area (Å²) in [6.45, 7) is 1.91. The number of carbonyl (C=O) groups is 2. The van der Waals surface area contributed by atoms with E-state index in [1.165, 1.54) is 18.2 Å². The van der Waals surface area contributed by atoms with Gasteiger partial charge in [0.15, 0.2) is 0 Å². The summed E-state index contributed by atoms with van der Waals surface area (Å²) in [5.74, 6) is 0.145. The molecule has 140 valence electrons. The number of piperazine rings is 1. The van der Waals surface area contributed by atoms with Crippen LogP contribution in [0, 0.1) is 5.82 Å². The first-order chi connectivity index (χ1) is 13.1. The van der Waals surface area contributed by atoms with Crippen LogP contribution < -0.4 is 4.74 Å². The second kappa shape index (κ2) is 8.49. The number of methoxy groups -OCH3 is 1. The van der Waals surface area contributed by atoms with Crippen molar-refractivity contribution < 1.29 is 18.7 Å². The predicted octanol–water partition coefficient (Wildman–Crippen LogP) is 2.83. The summed E-state index contributed by atoms with van der Waals surface area (Å²) < 4.78 is 18.1. The number of carbonyl (C=O) groups excluding carboxylic acids is 2. The monoisotopic (exact) mass is 368 g/mol. The van der Waals surface area contributed by atoms with Gasteiger partial charge in [-0.1, -0.05) is 18.2 Å². The average Bonchev–Trinajstić information content (AvgIpc) is 2.72. The Kier molecular flexibility index (Phi) is 5.86. The molecular formula is C21H21FN2O3. The SMILES string of the molecule is COc1cccc(C(=O)N2CCN(C(=O)/C=C/c3ccc(F)cc3)CC2)c1. The molecule has 1 aliphatic heterocycles. The van der Waals surface area contributed by atoms with Crippen LogP contribution in [0.3, 0.4) is 0 Å². The molecule has 0 radical (unpaired) electrons. The molecule has 1 aliphatic rings. The molecule has 6 heteroatoms. The summed E-state index contributed by atoms with van der Waals surface area (Å²) in [6.07, 6.45) is 3.14. The lowest BCUT2D eigenvalue weighted by molar-refractivity contribution is -0.127. The number of rotatable bonds is 4. The smallest absolute Gasteiger partial charge is 0.254 e. The Balaban J connectivity index is 1.55. The number of halogens is 1. The Morgan fingerprint density at radius 1 is 1.00 bits per heavy atom. The van der Waals surface area contributed by atoms with E-state index in [4.69, 9.17) is 4.74 Å². The van der Waals surface area contributed by atoms with E-state index in [0.29, 0.717) is 37.5 Å². The first-order valence-electron chi connectivity index (χ1n) is 8.73. The third kappa shape index (κ3) is 4.73. The number of nitrogens with zero attached hydrogens (tertiary/aromatic N) is 2. The summed E-state index contributed by atoms with van der Waals surface area (Å²) >= 11 is 0. The molecule has 2 aromatic carbocycles. The Morgan fingerprint density at radius 3 is 2.33 bits per heavy atom. The maximum absolute atomic E-state index is 12.9. The molecule has 0 unspecified atom stereocenters. The van der Waals surface area contributed by atoms with Gasteiger partial charge in [-0.15, -0.1) is 0 Å². The molecule has 0 bridgehead atoms. The Hall–Kier alpha value is -3.15. The normalized spacial score (nSPS) is 14.4. The molecule has 1 saturated heterocycles. The number of hydrogen-bond donors (Lipinski definition) is 0. The lowest BCUT2D eigenvalue weighted by Gasteiger charge is -2.34. The highest BCUT2D eigenvalue weighted by Crippen LogP contribution is 2.16. The molecular weight excluding hydrogens is 347 g/mol. The number of amides is 2. The van der Waals surface area contributed by atoms with E-state index in [1.54, 1.807) is 59.4 Å². The van der Waals surface area contributed by atoms with Gasteiger partial charge in [0.1, 0.15) is 11.6 Å². The highest BCUT2D eigenvalue weighted by atomic mass is 19.1. The van der Waals surface area contributed by atoms with Crippen LogP contribution in [0.25, 0.3) is 6.08 Å². The summed E-state index contributed by atoms with van der Waals surface area (Å²) in [6, 6.07) is 13.0. The zero-order valence-corrected chi connectivity index (χ0v) is 15.1. The van der Waals surface area contributed by atoms with Crippen molar-refractivity contribution in [1.29, 1.82) is 0 Å². The van der Waals surface area contributed by atoms with Crippen molar-refractivity contribution in [2.75, 3.05) is 33.3 Å². The van der Waals surface area contributed by atoms with Crippen LogP contribution >= 0.6 is 0 Å². The van der Waals surface area contributed by atoms with Gasteiger partial charge in [-0.25, -0.2) is 4.39 Å². The van der Waals surface area contributed by atoms with Crippen molar-refractivity contribution in [2.45, 2.75) is 0 Å². The van der Waals surface area contributed by atoms with E-state index in [0.717, 1.165) is 5.56 Å². The fourth-order valence-corrected chi connectivity index (χ4v) is 2.92. The molecule has 0 N–H and O–H groups in total. The third-order valence-electron chi connectivity index (χ3n) is 4.48. The molecule has 0 aromatic heterocycles. The first kappa shape index (κ1) is 18.6. The van der Waals surface area contributed by atoms with Crippen molar-refractivity contribution in [3.8, 4) is 5.75 Å². The average molecular weight is 368 g/mol. The van der Waals surface area contributed by atoms with Gasteiger partial charge in [0.2, 0.25) is 5.91 Å². The third-order valence-corrected chi connectivity index (χ3v) is 4.48. The van der Waals surface area contributed by atoms with Crippen LogP contribution in [0.1, 0.15) is 15.9 Å². The van der Waals surface area contributed by atoms with E-state index in [9.17, 15) is 14.0 Å². The maximum Gasteiger partial charge on any atom is 0.254 e. The predicted molar refractivity (Wildman–Crippen MR) is 101 cm³/mol. The van der Waals surface area contributed by atoms with Gasteiger partial charge in [0.25, 0.3) is 5.91 Å². The molecule has 5 nitrogen and oxygen atoms in total. The quantitative estimate of drug-likeness (QED) is 0.780. The highest BCUT2D eigenvalue weighted by Gasteiger charge is 2.24. The second-order valence-corrected chi connectivity index (χ2v) is 6.23. The van der Waals surface area contributed by atoms with E-state index in [1.807, 2.05) is 0 Å². The van der Waals surface area contributed by atoms with Gasteiger partial charge >= 0.3 is 0 Å². The number of ether oxygens (including phenoxy) is 1. The summed E-state index contributed by atoms with van der Waals surface area (Å²) in [7, 11) is 1.56. The zero-order valence-electron chi connectivity index (χ0n) is 15.1. The molecule has 1 heterocycles. The van der Waals surface area contributed by atoms with Crippen LogP contribution in [0.5, 0.6) is 5.75 Å². The molecule has 0 atom stereocenters. The molecule has 27 heavy (non-hydrogen) atoms. The van der Waals surface area contributed by atoms with E-state index >= 15 is 0 Å². The van der Waals surface area contributed by atoms with Gasteiger partial charge in [-0.05, 0) is 42.0 Å². The molecule has 3 rings (SSSR count). The minimum Gasteiger partial charge on any atom is -0.497 e. The van der Waals surface area contributed by atoms with E-state index in [-0.39, 0.29) is 17.6 Å². The minimum absolute atomic E-state index is 0.0668. The Morgan fingerprint density at radius 2 is 1.67 bits per heavy atom. The molecule has 2 amide bonds. The van der Waals surface area contributed by atoms with Crippen molar-refractivity contribution >= 4 is 17.9 Å². The van der Waals surface area contributed by atoms with Crippen LogP contribution in [-0.2, 0) is 4.79 Å². The van der Waals surface area contributed by atoms with Gasteiger partial charge in [-0.3, -0.25) is 9.59 Å². The van der Waals surface area contributed by atoms with Gasteiger partial charge in [0.05, 0.1) is 7.11 Å². The van der Waals surface area contributed by atoms with Crippen molar-refractivity contribution in [1.82, 2.24) is 9.80 Å². The lowest BCUT2D eigenvalue weighted by Crippen LogP contribution is -2.50. The van der Waals surface area contributed by atoms with Gasteiger partial charge in [0, 0.05) is 37.8 Å². The molecule has 0 saturated carbocycles. The lowest BCUT2D eigenvalue weighted by atomic mass is 10.1. The largest absolute Gasteiger partial charge is 0.497 e. The Labute approximate surface area is 157 Å². The van der Waals surface area contributed by atoms with Gasteiger partial charge in [-0.2, -0.15) is 0 Å². The fraction of sp³-hybridized carbons (Fsp3) is 0.238. The molecule has 0 spiro atoms. The maximum atomic E-state index is 12.9. The molecule has 1 fully saturated rings. The Bertz CT molecular complexity index is 841.